The number of rotatable bonds is 5. The molecule has 0 saturated carbocycles. The Morgan fingerprint density at radius 1 is 0.878 bits per heavy atom. The van der Waals surface area contributed by atoms with E-state index < -0.39 is 17.4 Å². The lowest BCUT2D eigenvalue weighted by Gasteiger charge is -2.29. The number of aromatic amines is 1. The third-order valence-corrected chi connectivity index (χ3v) is 8.36. The van der Waals surface area contributed by atoms with Gasteiger partial charge < -0.3 is 9.88 Å². The number of hydrogen-bond acceptors (Lipinski definition) is 4. The fourth-order valence-corrected chi connectivity index (χ4v) is 6.05. The normalized spacial score (nSPS) is 15.5. The number of imidazole rings is 1. The van der Waals surface area contributed by atoms with Crippen molar-refractivity contribution in [1.29, 1.82) is 0 Å². The minimum atomic E-state index is -0.607. The minimum Gasteiger partial charge on any atom is -0.340 e. The number of aromatic nitrogens is 4. The summed E-state index contributed by atoms with van der Waals surface area (Å²) in [4.78, 5) is 29.1. The van der Waals surface area contributed by atoms with Gasteiger partial charge in [0.25, 0.3) is 5.56 Å². The first-order valence-electron chi connectivity index (χ1n) is 14.0. The fraction of sp³-hybridized carbons (Fsp3) is 0.206. The van der Waals surface area contributed by atoms with E-state index >= 15 is 4.39 Å². The highest BCUT2D eigenvalue weighted by molar-refractivity contribution is 5.85. The number of likely N-dealkylation sites (tertiary alicyclic amines) is 1. The molecule has 6 nitrogen and oxygen atoms in total. The van der Waals surface area contributed by atoms with E-state index in [1.165, 1.54) is 16.5 Å². The molecule has 204 valence electrons. The molecule has 1 aliphatic heterocycles. The summed E-state index contributed by atoms with van der Waals surface area (Å²) in [5, 5.41) is -0.0264. The number of fused-ring (bicyclic) bond motifs is 2. The number of para-hydroxylation sites is 2. The van der Waals surface area contributed by atoms with Crippen LogP contribution in [-0.4, -0.2) is 44.6 Å². The van der Waals surface area contributed by atoms with E-state index in [2.05, 4.69) is 34.0 Å². The van der Waals surface area contributed by atoms with Crippen molar-refractivity contribution in [1.82, 2.24) is 24.4 Å². The van der Waals surface area contributed by atoms with Gasteiger partial charge in [-0.05, 0) is 79.9 Å². The third kappa shape index (κ3) is 4.62. The summed E-state index contributed by atoms with van der Waals surface area (Å²) in [6, 6.07) is 28.3. The van der Waals surface area contributed by atoms with E-state index in [4.69, 9.17) is 4.98 Å². The van der Waals surface area contributed by atoms with Gasteiger partial charge in [-0.3, -0.25) is 9.36 Å². The molecular weight excluding hydrogens is 513 g/mol. The summed E-state index contributed by atoms with van der Waals surface area (Å²) in [6.07, 6.45) is 3.74. The van der Waals surface area contributed by atoms with Crippen LogP contribution in [0.4, 0.5) is 4.39 Å². The van der Waals surface area contributed by atoms with Crippen LogP contribution in [0.15, 0.2) is 102 Å². The molecule has 7 heteroatoms. The quantitative estimate of drug-likeness (QED) is 0.269. The molecule has 7 rings (SSSR count). The molecule has 0 amide bonds. The maximum Gasteiger partial charge on any atom is 0.265 e. The molecule has 2 aromatic heterocycles. The van der Waals surface area contributed by atoms with E-state index in [0.717, 1.165) is 48.1 Å². The predicted octanol–water partition coefficient (Wildman–Crippen LogP) is 6.53. The van der Waals surface area contributed by atoms with Gasteiger partial charge in [0, 0.05) is 5.56 Å². The van der Waals surface area contributed by atoms with Gasteiger partial charge in [-0.25, -0.2) is 14.4 Å². The molecule has 0 spiro atoms. The van der Waals surface area contributed by atoms with E-state index in [-0.39, 0.29) is 5.39 Å². The largest absolute Gasteiger partial charge is 0.340 e. The first-order chi connectivity index (χ1) is 20.1. The topological polar surface area (TPSA) is 66.8 Å². The van der Waals surface area contributed by atoms with Crippen molar-refractivity contribution in [3.8, 4) is 11.1 Å². The van der Waals surface area contributed by atoms with Crippen LogP contribution in [0.2, 0.25) is 0 Å². The minimum absolute atomic E-state index is 0.0264. The monoisotopic (exact) mass is 543 g/mol. The lowest BCUT2D eigenvalue weighted by Crippen LogP contribution is -2.29. The van der Waals surface area contributed by atoms with Crippen LogP contribution < -0.4 is 5.56 Å². The van der Waals surface area contributed by atoms with Crippen molar-refractivity contribution in [2.24, 2.45) is 0 Å². The Bertz CT molecular complexity index is 1870. The molecular formula is C34H30FN5O. The fourth-order valence-electron chi connectivity index (χ4n) is 6.05. The zero-order chi connectivity index (χ0) is 27.9. The second-order valence-electron chi connectivity index (χ2n) is 10.9. The number of hydrogen-bond donors (Lipinski definition) is 1. The van der Waals surface area contributed by atoms with Crippen LogP contribution in [0, 0.1) is 5.82 Å². The Kier molecular flexibility index (Phi) is 6.44. The number of nitrogens with one attached hydrogen (secondary N) is 1. The molecule has 1 saturated heterocycles. The van der Waals surface area contributed by atoms with Gasteiger partial charge in [0.15, 0.2) is 0 Å². The lowest BCUT2D eigenvalue weighted by atomic mass is 9.88. The van der Waals surface area contributed by atoms with Gasteiger partial charge in [-0.2, -0.15) is 0 Å². The number of H-pyrrole nitrogens is 1. The number of benzene rings is 4. The van der Waals surface area contributed by atoms with Crippen LogP contribution >= 0.6 is 0 Å². The van der Waals surface area contributed by atoms with Gasteiger partial charge in [-0.15, -0.1) is 0 Å². The Morgan fingerprint density at radius 2 is 1.61 bits per heavy atom. The molecule has 4 aromatic carbocycles. The van der Waals surface area contributed by atoms with E-state index in [1.54, 1.807) is 12.1 Å². The summed E-state index contributed by atoms with van der Waals surface area (Å²) >= 11 is 0. The average molecular weight is 544 g/mol. The van der Waals surface area contributed by atoms with Crippen molar-refractivity contribution >= 4 is 21.9 Å². The van der Waals surface area contributed by atoms with Crippen LogP contribution in [0.3, 0.4) is 0 Å². The van der Waals surface area contributed by atoms with Gasteiger partial charge >= 0.3 is 0 Å². The molecule has 0 radical (unpaired) electrons. The molecule has 6 aromatic rings. The number of nitrogens with zero attached hydrogens (tertiary/aromatic N) is 4. The van der Waals surface area contributed by atoms with Crippen molar-refractivity contribution in [2.45, 2.75) is 24.8 Å². The van der Waals surface area contributed by atoms with Crippen molar-refractivity contribution in [2.75, 3.05) is 20.1 Å². The predicted molar refractivity (Wildman–Crippen MR) is 161 cm³/mol. The van der Waals surface area contributed by atoms with E-state index in [1.807, 2.05) is 66.7 Å². The number of piperidine rings is 1. The van der Waals surface area contributed by atoms with Crippen LogP contribution in [0.1, 0.15) is 41.8 Å². The molecule has 3 heterocycles. The van der Waals surface area contributed by atoms with Gasteiger partial charge in [0.1, 0.15) is 23.1 Å². The van der Waals surface area contributed by atoms with E-state index in [0.29, 0.717) is 22.8 Å². The van der Waals surface area contributed by atoms with Crippen LogP contribution in [0.25, 0.3) is 33.1 Å². The van der Waals surface area contributed by atoms with Crippen molar-refractivity contribution in [3.63, 3.8) is 0 Å². The highest BCUT2D eigenvalue weighted by Crippen LogP contribution is 2.32. The van der Waals surface area contributed by atoms with Gasteiger partial charge in [0.05, 0.1) is 22.9 Å². The first-order valence-corrected chi connectivity index (χ1v) is 14.0. The maximum absolute atomic E-state index is 16.2. The second-order valence-corrected chi connectivity index (χ2v) is 10.9. The van der Waals surface area contributed by atoms with Crippen LogP contribution in [0.5, 0.6) is 0 Å². The molecule has 1 N–H and O–H groups in total. The highest BCUT2D eigenvalue weighted by atomic mass is 19.1. The second kappa shape index (κ2) is 10.4. The Balaban J connectivity index is 1.32. The summed E-state index contributed by atoms with van der Waals surface area (Å²) in [6.45, 7) is 2.17. The van der Waals surface area contributed by atoms with Crippen LogP contribution in [-0.2, 0) is 0 Å². The molecule has 1 fully saturated rings. The summed E-state index contributed by atoms with van der Waals surface area (Å²) in [5.41, 5.74) is 4.79. The first kappa shape index (κ1) is 25.4. The zero-order valence-electron chi connectivity index (χ0n) is 22.8. The SMILES string of the molecule is CN1CCC(c2ccc(-c3ccc4ncn(C(c5ccccc5)c5nc6ccccc6[nH]5)c(=O)c4c3F)cc2)CC1. The molecule has 1 atom stereocenters. The molecule has 1 unspecified atom stereocenters. The smallest absolute Gasteiger partial charge is 0.265 e. The Hall–Kier alpha value is -4.62. The number of halogens is 1. The van der Waals surface area contributed by atoms with Gasteiger partial charge in [0.2, 0.25) is 0 Å². The van der Waals surface area contributed by atoms with Crippen molar-refractivity contribution < 1.29 is 4.39 Å². The molecule has 41 heavy (non-hydrogen) atoms. The third-order valence-electron chi connectivity index (χ3n) is 8.36. The molecule has 1 aliphatic rings. The lowest BCUT2D eigenvalue weighted by molar-refractivity contribution is 0.255. The zero-order valence-corrected chi connectivity index (χ0v) is 22.8. The summed E-state index contributed by atoms with van der Waals surface area (Å²) in [5.74, 6) is 0.547. The molecule has 0 bridgehead atoms. The molecule has 0 aliphatic carbocycles. The van der Waals surface area contributed by atoms with Gasteiger partial charge in [-0.1, -0.05) is 66.7 Å². The Labute approximate surface area is 237 Å². The summed E-state index contributed by atoms with van der Waals surface area (Å²) < 4.78 is 17.7. The standard InChI is InChI=1S/C34H30FN5O/c1-39-19-17-23(18-20-39)22-11-13-24(14-12-22)26-15-16-29-30(31(26)35)34(41)40(21-36-29)32(25-7-3-2-4-8-25)33-37-27-9-5-6-10-28(27)38-33/h2-16,21,23,32H,17-20H2,1H3,(H,37,38). The van der Waals surface area contributed by atoms with E-state index in [9.17, 15) is 4.79 Å². The maximum atomic E-state index is 16.2. The summed E-state index contributed by atoms with van der Waals surface area (Å²) in [7, 11) is 2.16. The highest BCUT2D eigenvalue weighted by Gasteiger charge is 2.24. The Morgan fingerprint density at radius 3 is 2.37 bits per heavy atom. The van der Waals surface area contributed by atoms with Crippen molar-refractivity contribution in [3.05, 3.63) is 130 Å². The average Bonchev–Trinajstić information content (AvgIpc) is 3.43.